The number of benzene rings is 1. The molecule has 6 heteroatoms. The summed E-state index contributed by atoms with van der Waals surface area (Å²) in [5.74, 6) is 0.0600. The zero-order chi connectivity index (χ0) is 18.1. The standard InChI is InChI=1S/C20H25N3O2.ClH/c1-4-15-18(13(3)24)12(2)22-19(15)20(25)23-10-16(17(21)11-23)14-8-6-5-7-9-14;/h5-9,16-17,22H,4,10-11,21H2,1-3H3;1H/t16-,17+;/m0./s1. The number of carbonyl (C=O) groups excluding carboxylic acids is 2. The molecule has 1 aromatic carbocycles. The zero-order valence-electron chi connectivity index (χ0n) is 15.4. The number of amides is 1. The monoisotopic (exact) mass is 375 g/mol. The number of likely N-dealkylation sites (tertiary alicyclic amines) is 1. The number of aryl methyl sites for hydroxylation is 1. The van der Waals surface area contributed by atoms with Crippen molar-refractivity contribution in [2.45, 2.75) is 39.2 Å². The first-order valence-electron chi connectivity index (χ1n) is 8.76. The average molecular weight is 376 g/mol. The van der Waals surface area contributed by atoms with Crippen LogP contribution in [0.2, 0.25) is 0 Å². The molecule has 5 nitrogen and oxygen atoms in total. The summed E-state index contributed by atoms with van der Waals surface area (Å²) in [6.07, 6.45) is 0.641. The minimum atomic E-state index is -0.0836. The van der Waals surface area contributed by atoms with Crippen molar-refractivity contribution in [1.82, 2.24) is 9.88 Å². The van der Waals surface area contributed by atoms with Crippen LogP contribution in [-0.2, 0) is 6.42 Å². The number of nitrogens with one attached hydrogen (secondary N) is 1. The number of halogens is 1. The van der Waals surface area contributed by atoms with Crippen LogP contribution in [0.3, 0.4) is 0 Å². The van der Waals surface area contributed by atoms with Crippen LogP contribution >= 0.6 is 12.4 Å². The summed E-state index contributed by atoms with van der Waals surface area (Å²) in [5, 5.41) is 0. The first kappa shape index (κ1) is 20.2. The van der Waals surface area contributed by atoms with E-state index in [1.54, 1.807) is 11.8 Å². The van der Waals surface area contributed by atoms with Gasteiger partial charge >= 0.3 is 0 Å². The van der Waals surface area contributed by atoms with Crippen molar-refractivity contribution in [3.63, 3.8) is 0 Å². The van der Waals surface area contributed by atoms with Crippen molar-refractivity contribution < 1.29 is 9.59 Å². The minimum Gasteiger partial charge on any atom is -0.354 e. The molecule has 2 heterocycles. The number of aromatic amines is 1. The summed E-state index contributed by atoms with van der Waals surface area (Å²) in [5.41, 5.74) is 10.2. The van der Waals surface area contributed by atoms with E-state index in [4.69, 9.17) is 5.73 Å². The fraction of sp³-hybridized carbons (Fsp3) is 0.400. The Kier molecular flexibility index (Phi) is 6.26. The van der Waals surface area contributed by atoms with E-state index in [1.165, 1.54) is 0 Å². The first-order chi connectivity index (χ1) is 11.9. The van der Waals surface area contributed by atoms with Gasteiger partial charge in [0.05, 0.1) is 0 Å². The van der Waals surface area contributed by atoms with E-state index in [0.29, 0.717) is 30.8 Å². The van der Waals surface area contributed by atoms with Gasteiger partial charge in [0.15, 0.2) is 5.78 Å². The Morgan fingerprint density at radius 2 is 1.88 bits per heavy atom. The van der Waals surface area contributed by atoms with E-state index in [0.717, 1.165) is 16.8 Å². The van der Waals surface area contributed by atoms with Crippen LogP contribution in [0.15, 0.2) is 30.3 Å². The van der Waals surface area contributed by atoms with E-state index >= 15 is 0 Å². The van der Waals surface area contributed by atoms with Gasteiger partial charge in [-0.05, 0) is 31.4 Å². The predicted molar refractivity (Wildman–Crippen MR) is 105 cm³/mol. The molecule has 0 spiro atoms. The lowest BCUT2D eigenvalue weighted by Gasteiger charge is -2.17. The van der Waals surface area contributed by atoms with E-state index in [1.807, 2.05) is 32.0 Å². The van der Waals surface area contributed by atoms with Gasteiger partial charge in [-0.15, -0.1) is 12.4 Å². The molecule has 0 saturated carbocycles. The summed E-state index contributed by atoms with van der Waals surface area (Å²) in [7, 11) is 0. The van der Waals surface area contributed by atoms with Crippen molar-refractivity contribution in [3.05, 3.63) is 58.4 Å². The molecule has 2 atom stereocenters. The topological polar surface area (TPSA) is 79.2 Å². The number of rotatable bonds is 4. The Labute approximate surface area is 160 Å². The Bertz CT molecular complexity index is 801. The molecule has 0 bridgehead atoms. The largest absolute Gasteiger partial charge is 0.354 e. The molecule has 2 aromatic rings. The second-order valence-electron chi connectivity index (χ2n) is 6.78. The molecule has 1 aromatic heterocycles. The van der Waals surface area contributed by atoms with E-state index in [9.17, 15) is 9.59 Å². The molecule has 0 aliphatic carbocycles. The Morgan fingerprint density at radius 1 is 1.23 bits per heavy atom. The summed E-state index contributed by atoms with van der Waals surface area (Å²) in [6, 6.07) is 10.0. The second kappa shape index (κ2) is 8.06. The summed E-state index contributed by atoms with van der Waals surface area (Å²) < 4.78 is 0. The number of H-pyrrole nitrogens is 1. The van der Waals surface area contributed by atoms with Crippen molar-refractivity contribution in [2.75, 3.05) is 13.1 Å². The normalized spacial score (nSPS) is 19.3. The van der Waals surface area contributed by atoms with Gasteiger partial charge in [0.2, 0.25) is 0 Å². The average Bonchev–Trinajstić information content (AvgIpc) is 3.15. The molecule has 1 aliphatic heterocycles. The fourth-order valence-corrected chi connectivity index (χ4v) is 3.90. The second-order valence-corrected chi connectivity index (χ2v) is 6.78. The van der Waals surface area contributed by atoms with Crippen molar-refractivity contribution >= 4 is 24.1 Å². The number of hydrogen-bond acceptors (Lipinski definition) is 3. The van der Waals surface area contributed by atoms with Crippen LogP contribution in [0.4, 0.5) is 0 Å². The van der Waals surface area contributed by atoms with Gasteiger partial charge in [-0.1, -0.05) is 37.3 Å². The predicted octanol–water partition coefficient (Wildman–Crippen LogP) is 3.08. The molecule has 3 N–H and O–H groups in total. The lowest BCUT2D eigenvalue weighted by molar-refractivity contribution is 0.0783. The van der Waals surface area contributed by atoms with E-state index in [2.05, 4.69) is 17.1 Å². The van der Waals surface area contributed by atoms with Gasteiger partial charge in [0.1, 0.15) is 5.69 Å². The van der Waals surface area contributed by atoms with Gasteiger partial charge in [0.25, 0.3) is 5.91 Å². The molecule has 1 aliphatic rings. The van der Waals surface area contributed by atoms with Crippen molar-refractivity contribution in [2.24, 2.45) is 5.73 Å². The molecule has 140 valence electrons. The number of carbonyl (C=O) groups is 2. The SMILES string of the molecule is CCc1c(C(=O)N2C[C@@H](N)[C@H](c3ccccc3)C2)[nH]c(C)c1C(C)=O.Cl. The third-order valence-electron chi connectivity index (χ3n) is 5.09. The quantitative estimate of drug-likeness (QED) is 0.806. The highest BCUT2D eigenvalue weighted by atomic mass is 35.5. The smallest absolute Gasteiger partial charge is 0.270 e. The molecule has 1 saturated heterocycles. The van der Waals surface area contributed by atoms with Crippen LogP contribution < -0.4 is 5.73 Å². The number of nitrogens with zero attached hydrogens (tertiary/aromatic N) is 1. The number of hydrogen-bond donors (Lipinski definition) is 2. The molecular formula is C20H26ClN3O2. The van der Waals surface area contributed by atoms with Gasteiger partial charge in [0, 0.05) is 36.3 Å². The van der Waals surface area contributed by atoms with Gasteiger partial charge < -0.3 is 15.6 Å². The van der Waals surface area contributed by atoms with E-state index in [-0.39, 0.29) is 36.1 Å². The highest BCUT2D eigenvalue weighted by Crippen LogP contribution is 2.29. The summed E-state index contributed by atoms with van der Waals surface area (Å²) in [6.45, 7) is 6.47. The maximum Gasteiger partial charge on any atom is 0.270 e. The van der Waals surface area contributed by atoms with Crippen molar-refractivity contribution in [3.8, 4) is 0 Å². The molecule has 3 rings (SSSR count). The Balaban J connectivity index is 0.00000243. The fourth-order valence-electron chi connectivity index (χ4n) is 3.90. The Hall–Kier alpha value is -2.11. The van der Waals surface area contributed by atoms with Crippen LogP contribution in [0.25, 0.3) is 0 Å². The van der Waals surface area contributed by atoms with E-state index < -0.39 is 0 Å². The van der Waals surface area contributed by atoms with Gasteiger partial charge in [-0.2, -0.15) is 0 Å². The number of nitrogens with two attached hydrogens (primary N) is 1. The number of aromatic nitrogens is 1. The first-order valence-corrected chi connectivity index (χ1v) is 8.76. The zero-order valence-corrected chi connectivity index (χ0v) is 16.2. The molecule has 0 radical (unpaired) electrons. The molecule has 0 unspecified atom stereocenters. The molecule has 1 amide bonds. The van der Waals surface area contributed by atoms with Gasteiger partial charge in [-0.25, -0.2) is 0 Å². The maximum absolute atomic E-state index is 13.1. The summed E-state index contributed by atoms with van der Waals surface area (Å²) in [4.78, 5) is 29.9. The number of ketones is 1. The van der Waals surface area contributed by atoms with Crippen LogP contribution in [0.1, 0.15) is 57.4 Å². The van der Waals surface area contributed by atoms with Crippen LogP contribution in [0, 0.1) is 6.92 Å². The Morgan fingerprint density at radius 3 is 2.46 bits per heavy atom. The third kappa shape index (κ3) is 3.55. The van der Waals surface area contributed by atoms with Gasteiger partial charge in [-0.3, -0.25) is 9.59 Å². The minimum absolute atomic E-state index is 0. The van der Waals surface area contributed by atoms with Crippen molar-refractivity contribution in [1.29, 1.82) is 0 Å². The molecule has 1 fully saturated rings. The lowest BCUT2D eigenvalue weighted by Crippen LogP contribution is -2.32. The highest BCUT2D eigenvalue weighted by Gasteiger charge is 2.36. The van der Waals surface area contributed by atoms with Crippen LogP contribution in [0.5, 0.6) is 0 Å². The number of Topliss-reactive ketones (excluding diaryl/α,β-unsaturated/α-hetero) is 1. The molecular weight excluding hydrogens is 350 g/mol. The summed E-state index contributed by atoms with van der Waals surface area (Å²) >= 11 is 0. The molecule has 26 heavy (non-hydrogen) atoms. The maximum atomic E-state index is 13.1. The van der Waals surface area contributed by atoms with Crippen LogP contribution in [-0.4, -0.2) is 40.7 Å². The highest BCUT2D eigenvalue weighted by molar-refractivity contribution is 6.02. The lowest BCUT2D eigenvalue weighted by atomic mass is 9.95. The third-order valence-corrected chi connectivity index (χ3v) is 5.09.